The number of rotatable bonds is 4. The Bertz CT molecular complexity index is 912. The zero-order valence-electron chi connectivity index (χ0n) is 13.7. The summed E-state index contributed by atoms with van der Waals surface area (Å²) in [6.07, 6.45) is 1.88. The molecule has 0 bridgehead atoms. The maximum atomic E-state index is 13.9. The highest BCUT2D eigenvalue weighted by molar-refractivity contribution is 7.99. The van der Waals surface area contributed by atoms with Crippen LogP contribution in [0.4, 0.5) is 4.39 Å². The Labute approximate surface area is 150 Å². The highest BCUT2D eigenvalue weighted by Crippen LogP contribution is 2.37. The molecule has 3 rings (SSSR count). The van der Waals surface area contributed by atoms with Crippen molar-refractivity contribution in [3.63, 3.8) is 0 Å². The lowest BCUT2D eigenvalue weighted by Crippen LogP contribution is -2.31. The Morgan fingerprint density at radius 1 is 1.28 bits per heavy atom. The Hall–Kier alpha value is -1.86. The number of nitrogens with one attached hydrogen (secondary N) is 1. The van der Waals surface area contributed by atoms with Crippen molar-refractivity contribution in [3.05, 3.63) is 65.0 Å². The summed E-state index contributed by atoms with van der Waals surface area (Å²) in [6, 6.07) is 11.2. The van der Waals surface area contributed by atoms with Crippen LogP contribution in [0.5, 0.6) is 0 Å². The van der Waals surface area contributed by atoms with Crippen LogP contribution < -0.4 is 5.32 Å². The second-order valence-corrected chi connectivity index (χ2v) is 9.34. The number of hydrogen-bond acceptors (Lipinski definition) is 4. The molecule has 0 aromatic heterocycles. The topological polar surface area (TPSA) is 63.2 Å². The fourth-order valence-corrected chi connectivity index (χ4v) is 4.81. The fraction of sp³-hybridized carbons (Fsp3) is 0.278. The molecule has 0 saturated carbocycles. The van der Waals surface area contributed by atoms with E-state index in [4.69, 9.17) is 0 Å². The van der Waals surface area contributed by atoms with E-state index in [0.29, 0.717) is 16.0 Å². The number of hydrogen-bond donors (Lipinski definition) is 1. The normalized spacial score (nSPS) is 17.0. The standard InChI is InChI=1S/C18H18FNO3S2/c1-25(22,23)11-12-4-2-5-13(10-12)18(21)20-16-8-9-24-17-14(16)6-3-7-15(17)19/h2-7,10,16H,8-9,11H2,1H3,(H,20,21). The monoisotopic (exact) mass is 379 g/mol. The van der Waals surface area contributed by atoms with Crippen LogP contribution in [0, 0.1) is 5.82 Å². The maximum Gasteiger partial charge on any atom is 0.251 e. The summed E-state index contributed by atoms with van der Waals surface area (Å²) in [6.45, 7) is 0. The van der Waals surface area contributed by atoms with Gasteiger partial charge in [-0.3, -0.25) is 4.79 Å². The molecule has 1 aliphatic heterocycles. The van der Waals surface area contributed by atoms with Crippen LogP contribution in [0.25, 0.3) is 0 Å². The first-order chi connectivity index (χ1) is 11.8. The first-order valence-corrected chi connectivity index (χ1v) is 10.9. The number of sulfone groups is 1. The minimum Gasteiger partial charge on any atom is -0.345 e. The molecule has 1 unspecified atom stereocenters. The van der Waals surface area contributed by atoms with E-state index in [1.807, 2.05) is 6.07 Å². The van der Waals surface area contributed by atoms with Gasteiger partial charge in [0.25, 0.3) is 5.91 Å². The average molecular weight is 379 g/mol. The van der Waals surface area contributed by atoms with Crippen molar-refractivity contribution < 1.29 is 17.6 Å². The Morgan fingerprint density at radius 3 is 2.80 bits per heavy atom. The Kier molecular flexibility index (Phi) is 5.15. The number of halogens is 1. The second kappa shape index (κ2) is 7.17. The van der Waals surface area contributed by atoms with Gasteiger partial charge in [0.15, 0.2) is 9.84 Å². The molecule has 2 aromatic rings. The molecule has 25 heavy (non-hydrogen) atoms. The summed E-state index contributed by atoms with van der Waals surface area (Å²) >= 11 is 1.46. The fourth-order valence-electron chi connectivity index (χ4n) is 2.88. The molecule has 7 heteroatoms. The Morgan fingerprint density at radius 2 is 2.04 bits per heavy atom. The van der Waals surface area contributed by atoms with E-state index in [0.717, 1.165) is 24.0 Å². The second-order valence-electron chi connectivity index (χ2n) is 6.09. The molecular weight excluding hydrogens is 361 g/mol. The van der Waals surface area contributed by atoms with Gasteiger partial charge in [-0.1, -0.05) is 24.3 Å². The largest absolute Gasteiger partial charge is 0.345 e. The van der Waals surface area contributed by atoms with Crippen molar-refractivity contribution in [2.45, 2.75) is 23.1 Å². The molecule has 2 aromatic carbocycles. The zero-order valence-corrected chi connectivity index (χ0v) is 15.3. The predicted octanol–water partition coefficient (Wildman–Crippen LogP) is 3.34. The van der Waals surface area contributed by atoms with Crippen molar-refractivity contribution in [2.24, 2.45) is 0 Å². The molecule has 0 radical (unpaired) electrons. The summed E-state index contributed by atoms with van der Waals surface area (Å²) < 4.78 is 36.8. The maximum absolute atomic E-state index is 13.9. The van der Waals surface area contributed by atoms with Gasteiger partial charge in [0.1, 0.15) is 5.82 Å². The van der Waals surface area contributed by atoms with Crippen LogP contribution in [0.15, 0.2) is 47.4 Å². The van der Waals surface area contributed by atoms with E-state index in [2.05, 4.69) is 5.32 Å². The van der Waals surface area contributed by atoms with Crippen LogP contribution >= 0.6 is 11.8 Å². The molecule has 0 spiro atoms. The minimum atomic E-state index is -3.17. The third-order valence-electron chi connectivity index (χ3n) is 3.95. The lowest BCUT2D eigenvalue weighted by atomic mass is 10.0. The van der Waals surface area contributed by atoms with E-state index in [1.165, 1.54) is 17.8 Å². The van der Waals surface area contributed by atoms with Crippen molar-refractivity contribution in [2.75, 3.05) is 12.0 Å². The summed E-state index contributed by atoms with van der Waals surface area (Å²) in [7, 11) is -3.17. The smallest absolute Gasteiger partial charge is 0.251 e. The van der Waals surface area contributed by atoms with E-state index in [1.54, 1.807) is 30.3 Å². The first kappa shape index (κ1) is 17.9. The molecule has 4 nitrogen and oxygen atoms in total. The lowest BCUT2D eigenvalue weighted by Gasteiger charge is -2.26. The molecule has 132 valence electrons. The number of thioether (sulfide) groups is 1. The molecule has 0 fully saturated rings. The molecule has 0 saturated heterocycles. The van der Waals surface area contributed by atoms with Crippen LogP contribution in [0.2, 0.25) is 0 Å². The van der Waals surface area contributed by atoms with Gasteiger partial charge >= 0.3 is 0 Å². The van der Waals surface area contributed by atoms with E-state index in [9.17, 15) is 17.6 Å². The predicted molar refractivity (Wildman–Crippen MR) is 96.9 cm³/mol. The third kappa shape index (κ3) is 4.41. The van der Waals surface area contributed by atoms with Gasteiger partial charge in [0.05, 0.1) is 11.8 Å². The van der Waals surface area contributed by atoms with E-state index in [-0.39, 0.29) is 23.5 Å². The van der Waals surface area contributed by atoms with Gasteiger partial charge in [-0.15, -0.1) is 11.8 Å². The zero-order chi connectivity index (χ0) is 18.0. The highest BCUT2D eigenvalue weighted by Gasteiger charge is 2.24. The summed E-state index contributed by atoms with van der Waals surface area (Å²) in [5.74, 6) is 0.0638. The van der Waals surface area contributed by atoms with Crippen LogP contribution in [0.3, 0.4) is 0 Å². The quantitative estimate of drug-likeness (QED) is 0.885. The molecule has 1 atom stereocenters. The number of amides is 1. The van der Waals surface area contributed by atoms with E-state index >= 15 is 0 Å². The summed E-state index contributed by atoms with van der Waals surface area (Å²) in [5, 5.41) is 2.94. The lowest BCUT2D eigenvalue weighted by molar-refractivity contribution is 0.0934. The number of benzene rings is 2. The van der Waals surface area contributed by atoms with Gasteiger partial charge in [-0.05, 0) is 35.7 Å². The highest BCUT2D eigenvalue weighted by atomic mass is 32.2. The molecule has 1 amide bonds. The van der Waals surface area contributed by atoms with Gasteiger partial charge in [-0.25, -0.2) is 12.8 Å². The number of carbonyl (C=O) groups is 1. The molecular formula is C18H18FNO3S2. The van der Waals surface area contributed by atoms with Crippen molar-refractivity contribution >= 4 is 27.5 Å². The van der Waals surface area contributed by atoms with Gasteiger partial charge < -0.3 is 5.32 Å². The third-order valence-corrected chi connectivity index (χ3v) is 5.97. The van der Waals surface area contributed by atoms with Gasteiger partial charge in [0.2, 0.25) is 0 Å². The molecule has 1 aliphatic rings. The minimum absolute atomic E-state index is 0.109. The van der Waals surface area contributed by atoms with Gasteiger partial charge in [-0.2, -0.15) is 0 Å². The Balaban J connectivity index is 1.80. The summed E-state index contributed by atoms with van der Waals surface area (Å²) in [5.41, 5.74) is 1.76. The van der Waals surface area contributed by atoms with Crippen LogP contribution in [0.1, 0.15) is 33.9 Å². The van der Waals surface area contributed by atoms with Crippen molar-refractivity contribution in [1.29, 1.82) is 0 Å². The molecule has 1 N–H and O–H groups in total. The number of fused-ring (bicyclic) bond motifs is 1. The van der Waals surface area contributed by atoms with Crippen molar-refractivity contribution in [3.8, 4) is 0 Å². The number of carbonyl (C=O) groups excluding carboxylic acids is 1. The molecule has 1 heterocycles. The van der Waals surface area contributed by atoms with Crippen molar-refractivity contribution in [1.82, 2.24) is 5.32 Å². The van der Waals surface area contributed by atoms with Crippen LogP contribution in [-0.4, -0.2) is 26.3 Å². The van der Waals surface area contributed by atoms with E-state index < -0.39 is 9.84 Å². The summed E-state index contributed by atoms with van der Waals surface area (Å²) in [4.78, 5) is 13.2. The first-order valence-electron chi connectivity index (χ1n) is 7.82. The average Bonchev–Trinajstić information content (AvgIpc) is 2.54. The molecule has 0 aliphatic carbocycles. The SMILES string of the molecule is CS(=O)(=O)Cc1cccc(C(=O)NC2CCSc3c(F)cccc32)c1. The van der Waals surface area contributed by atoms with Crippen LogP contribution in [-0.2, 0) is 15.6 Å². The van der Waals surface area contributed by atoms with Gasteiger partial charge in [0, 0.05) is 22.5 Å².